The van der Waals surface area contributed by atoms with E-state index in [1.165, 1.54) is 0 Å². The average molecular weight is 228 g/mol. The number of primary amides is 1. The number of anilines is 1. The lowest BCUT2D eigenvalue weighted by molar-refractivity contribution is -0.117. The molecule has 0 saturated heterocycles. The molecule has 1 rings (SSSR count). The molecule has 0 bridgehead atoms. The minimum Gasteiger partial charge on any atom is -0.368 e. The summed E-state index contributed by atoms with van der Waals surface area (Å²) in [6, 6.07) is 6.24. The van der Waals surface area contributed by atoms with Gasteiger partial charge in [0.2, 0.25) is 5.91 Å². The van der Waals surface area contributed by atoms with Crippen molar-refractivity contribution in [1.29, 1.82) is 0 Å². The maximum Gasteiger partial charge on any atom is 0.319 e. The highest BCUT2D eigenvalue weighted by atomic mass is 35.5. The summed E-state index contributed by atoms with van der Waals surface area (Å²) < 4.78 is 0. The molecule has 6 heteroatoms. The van der Waals surface area contributed by atoms with Crippen LogP contribution in [0.25, 0.3) is 0 Å². The van der Waals surface area contributed by atoms with Crippen molar-refractivity contribution in [3.05, 3.63) is 29.3 Å². The Labute approximate surface area is 91.6 Å². The Kier molecular flexibility index (Phi) is 3.93. The van der Waals surface area contributed by atoms with E-state index in [-0.39, 0.29) is 6.54 Å². The van der Waals surface area contributed by atoms with Crippen LogP contribution >= 0.6 is 11.6 Å². The smallest absolute Gasteiger partial charge is 0.319 e. The van der Waals surface area contributed by atoms with E-state index in [2.05, 4.69) is 10.6 Å². The Hall–Kier alpha value is -1.75. The molecule has 80 valence electrons. The summed E-state index contributed by atoms with van der Waals surface area (Å²) in [4.78, 5) is 21.6. The third-order valence-corrected chi connectivity index (χ3v) is 1.87. The van der Waals surface area contributed by atoms with Crippen molar-refractivity contribution in [3.63, 3.8) is 0 Å². The largest absolute Gasteiger partial charge is 0.368 e. The SMILES string of the molecule is NC(=O)CNC(=O)Nc1ccccc1Cl. The molecule has 0 aromatic heterocycles. The number of carbonyl (C=O) groups is 2. The van der Waals surface area contributed by atoms with Crippen molar-refractivity contribution in [2.75, 3.05) is 11.9 Å². The first-order valence-electron chi connectivity index (χ1n) is 4.17. The van der Waals surface area contributed by atoms with Gasteiger partial charge in [-0.25, -0.2) is 4.79 Å². The summed E-state index contributed by atoms with van der Waals surface area (Å²) in [6.45, 7) is -0.212. The van der Waals surface area contributed by atoms with E-state index in [1.54, 1.807) is 24.3 Å². The van der Waals surface area contributed by atoms with Gasteiger partial charge >= 0.3 is 6.03 Å². The Balaban J connectivity index is 2.52. The van der Waals surface area contributed by atoms with Crippen LogP contribution in [0.4, 0.5) is 10.5 Å². The zero-order valence-corrected chi connectivity index (χ0v) is 8.54. The molecule has 0 saturated carbocycles. The number of amides is 3. The van der Waals surface area contributed by atoms with Gasteiger partial charge in [0.25, 0.3) is 0 Å². The first-order chi connectivity index (χ1) is 7.09. The van der Waals surface area contributed by atoms with Crippen molar-refractivity contribution < 1.29 is 9.59 Å². The highest BCUT2D eigenvalue weighted by molar-refractivity contribution is 6.33. The highest BCUT2D eigenvalue weighted by Gasteiger charge is 2.04. The molecule has 0 atom stereocenters. The van der Waals surface area contributed by atoms with Gasteiger partial charge in [0.15, 0.2) is 0 Å². The van der Waals surface area contributed by atoms with E-state index in [4.69, 9.17) is 17.3 Å². The van der Waals surface area contributed by atoms with Crippen LogP contribution in [0.5, 0.6) is 0 Å². The second-order valence-corrected chi connectivity index (χ2v) is 3.16. The molecule has 4 N–H and O–H groups in total. The normalized spacial score (nSPS) is 9.40. The number of urea groups is 1. The molecule has 0 spiro atoms. The topological polar surface area (TPSA) is 84.2 Å². The predicted octanol–water partition coefficient (Wildman–Crippen LogP) is 0.947. The Bertz CT molecular complexity index is 381. The molecule has 5 nitrogen and oxygen atoms in total. The zero-order chi connectivity index (χ0) is 11.3. The fourth-order valence-electron chi connectivity index (χ4n) is 0.896. The minimum absolute atomic E-state index is 0.212. The third kappa shape index (κ3) is 3.86. The number of rotatable bonds is 3. The molecular weight excluding hydrogens is 218 g/mol. The van der Waals surface area contributed by atoms with Crippen LogP contribution in [-0.4, -0.2) is 18.5 Å². The van der Waals surface area contributed by atoms with Crippen LogP contribution in [0.2, 0.25) is 5.02 Å². The molecule has 0 aliphatic heterocycles. The first-order valence-corrected chi connectivity index (χ1v) is 4.55. The summed E-state index contributed by atoms with van der Waals surface area (Å²) in [7, 11) is 0. The average Bonchev–Trinajstić information content (AvgIpc) is 2.18. The molecule has 15 heavy (non-hydrogen) atoms. The lowest BCUT2D eigenvalue weighted by Crippen LogP contribution is -2.36. The lowest BCUT2D eigenvalue weighted by Gasteiger charge is -2.07. The van der Waals surface area contributed by atoms with Gasteiger partial charge in [-0.05, 0) is 12.1 Å². The Morgan fingerprint density at radius 1 is 1.33 bits per heavy atom. The van der Waals surface area contributed by atoms with Crippen LogP contribution in [0.1, 0.15) is 0 Å². The van der Waals surface area contributed by atoms with E-state index in [1.807, 2.05) is 0 Å². The Morgan fingerprint density at radius 2 is 2.00 bits per heavy atom. The van der Waals surface area contributed by atoms with Gasteiger partial charge in [-0.2, -0.15) is 0 Å². The molecule has 0 aliphatic carbocycles. The number of nitrogens with two attached hydrogens (primary N) is 1. The maximum absolute atomic E-state index is 11.2. The van der Waals surface area contributed by atoms with Crippen molar-refractivity contribution in [2.24, 2.45) is 5.73 Å². The molecule has 1 aromatic carbocycles. The zero-order valence-electron chi connectivity index (χ0n) is 7.79. The second kappa shape index (κ2) is 5.21. The molecule has 0 aliphatic rings. The second-order valence-electron chi connectivity index (χ2n) is 2.75. The molecule has 0 heterocycles. The van der Waals surface area contributed by atoms with Crippen LogP contribution in [-0.2, 0) is 4.79 Å². The fourth-order valence-corrected chi connectivity index (χ4v) is 1.08. The predicted molar refractivity (Wildman–Crippen MR) is 57.7 cm³/mol. The summed E-state index contributed by atoms with van der Waals surface area (Å²) in [5.41, 5.74) is 5.33. The number of para-hydroxylation sites is 1. The van der Waals surface area contributed by atoms with E-state index in [0.717, 1.165) is 0 Å². The highest BCUT2D eigenvalue weighted by Crippen LogP contribution is 2.19. The quantitative estimate of drug-likeness (QED) is 0.718. The molecular formula is C9H10ClN3O2. The van der Waals surface area contributed by atoms with Gasteiger partial charge in [0, 0.05) is 0 Å². The van der Waals surface area contributed by atoms with Crippen molar-refractivity contribution in [2.45, 2.75) is 0 Å². The molecule has 1 aromatic rings. The fraction of sp³-hybridized carbons (Fsp3) is 0.111. The van der Waals surface area contributed by atoms with Crippen molar-refractivity contribution in [3.8, 4) is 0 Å². The van der Waals surface area contributed by atoms with Crippen LogP contribution in [0.15, 0.2) is 24.3 Å². The van der Waals surface area contributed by atoms with Crippen LogP contribution < -0.4 is 16.4 Å². The molecule has 0 radical (unpaired) electrons. The van der Waals surface area contributed by atoms with Gasteiger partial charge in [0.1, 0.15) is 0 Å². The summed E-state index contributed by atoms with van der Waals surface area (Å²) in [6.07, 6.45) is 0. The third-order valence-electron chi connectivity index (χ3n) is 1.55. The molecule has 0 fully saturated rings. The lowest BCUT2D eigenvalue weighted by atomic mass is 10.3. The summed E-state index contributed by atoms with van der Waals surface area (Å²) >= 11 is 5.80. The van der Waals surface area contributed by atoms with Gasteiger partial charge in [-0.1, -0.05) is 23.7 Å². The number of nitrogens with one attached hydrogen (secondary N) is 2. The van der Waals surface area contributed by atoms with Gasteiger partial charge in [0.05, 0.1) is 17.3 Å². The van der Waals surface area contributed by atoms with Crippen LogP contribution in [0.3, 0.4) is 0 Å². The first kappa shape index (κ1) is 11.3. The Morgan fingerprint density at radius 3 is 2.60 bits per heavy atom. The van der Waals surface area contributed by atoms with Gasteiger partial charge < -0.3 is 16.4 Å². The summed E-state index contributed by atoms with van der Waals surface area (Å²) in [5, 5.41) is 5.17. The van der Waals surface area contributed by atoms with Gasteiger partial charge in [-0.15, -0.1) is 0 Å². The monoisotopic (exact) mass is 227 g/mol. The molecule has 0 unspecified atom stereocenters. The standard InChI is InChI=1S/C9H10ClN3O2/c10-6-3-1-2-4-7(6)13-9(15)12-5-8(11)14/h1-4H,5H2,(H2,11,14)(H2,12,13,15). The maximum atomic E-state index is 11.2. The summed E-state index contributed by atoms with van der Waals surface area (Å²) in [5.74, 6) is -0.607. The van der Waals surface area contributed by atoms with E-state index < -0.39 is 11.9 Å². The van der Waals surface area contributed by atoms with E-state index >= 15 is 0 Å². The number of halogens is 1. The van der Waals surface area contributed by atoms with Gasteiger partial charge in [-0.3, -0.25) is 4.79 Å². The number of carbonyl (C=O) groups excluding carboxylic acids is 2. The van der Waals surface area contributed by atoms with Crippen LogP contribution in [0, 0.1) is 0 Å². The van der Waals surface area contributed by atoms with E-state index in [9.17, 15) is 9.59 Å². The van der Waals surface area contributed by atoms with E-state index in [0.29, 0.717) is 10.7 Å². The molecule has 3 amide bonds. The number of benzene rings is 1. The number of hydrogen-bond donors (Lipinski definition) is 3. The minimum atomic E-state index is -0.607. The van der Waals surface area contributed by atoms with Crippen molar-refractivity contribution >= 4 is 29.2 Å². The van der Waals surface area contributed by atoms with Crippen molar-refractivity contribution in [1.82, 2.24) is 5.32 Å². The number of hydrogen-bond acceptors (Lipinski definition) is 2.